The molecular formula is C19H30N3O+. The van der Waals surface area contributed by atoms with Crippen molar-refractivity contribution in [1.82, 2.24) is 5.32 Å². The minimum absolute atomic E-state index is 0.0645. The summed E-state index contributed by atoms with van der Waals surface area (Å²) in [7, 11) is 0. The molecule has 0 bridgehead atoms. The average Bonchev–Trinajstić information content (AvgIpc) is 3.08. The smallest absolute Gasteiger partial charge is 0.278 e. The molecule has 1 atom stereocenters. The third-order valence-corrected chi connectivity index (χ3v) is 5.57. The molecule has 1 aromatic rings. The molecule has 1 saturated heterocycles. The normalized spacial score (nSPS) is 21.4. The quantitative estimate of drug-likeness (QED) is 0.874. The summed E-state index contributed by atoms with van der Waals surface area (Å²) in [5.74, 6) is 0.247. The molecule has 4 heteroatoms. The maximum Gasteiger partial charge on any atom is 0.278 e. The Kier molecular flexibility index (Phi) is 5.21. The maximum atomic E-state index is 12.5. The Balaban J connectivity index is 1.51. The van der Waals surface area contributed by atoms with Gasteiger partial charge in [0, 0.05) is 11.7 Å². The van der Waals surface area contributed by atoms with E-state index < -0.39 is 0 Å². The molecule has 1 aliphatic carbocycles. The Morgan fingerprint density at radius 3 is 2.52 bits per heavy atom. The van der Waals surface area contributed by atoms with E-state index in [1.54, 1.807) is 0 Å². The number of amides is 1. The van der Waals surface area contributed by atoms with Crippen molar-refractivity contribution in [2.75, 3.05) is 31.1 Å². The van der Waals surface area contributed by atoms with E-state index in [9.17, 15) is 4.79 Å². The molecule has 0 aromatic heterocycles. The van der Waals surface area contributed by atoms with E-state index in [2.05, 4.69) is 48.3 Å². The van der Waals surface area contributed by atoms with Gasteiger partial charge in [0.05, 0.1) is 26.2 Å². The molecular weight excluding hydrogens is 286 g/mol. The van der Waals surface area contributed by atoms with Crippen LogP contribution in [0.4, 0.5) is 5.69 Å². The Hall–Kier alpha value is -1.55. The number of aryl methyl sites for hydroxylation is 1. The lowest BCUT2D eigenvalue weighted by Gasteiger charge is -2.36. The largest absolute Gasteiger partial charge is 0.360 e. The second-order valence-electron chi connectivity index (χ2n) is 7.14. The number of carbonyl (C=O) groups is 1. The third-order valence-electron chi connectivity index (χ3n) is 5.57. The van der Waals surface area contributed by atoms with E-state index in [0.29, 0.717) is 6.04 Å². The summed E-state index contributed by atoms with van der Waals surface area (Å²) in [6.07, 6.45) is 4.85. The van der Waals surface area contributed by atoms with Crippen molar-refractivity contribution in [3.63, 3.8) is 0 Å². The molecule has 23 heavy (non-hydrogen) atoms. The maximum absolute atomic E-state index is 12.5. The Labute approximate surface area is 139 Å². The first kappa shape index (κ1) is 16.3. The zero-order chi connectivity index (χ0) is 16.2. The third kappa shape index (κ3) is 3.86. The van der Waals surface area contributed by atoms with Crippen molar-refractivity contribution in [2.24, 2.45) is 0 Å². The summed E-state index contributed by atoms with van der Waals surface area (Å²) in [5, 5.41) is 3.25. The van der Waals surface area contributed by atoms with Gasteiger partial charge in [-0.2, -0.15) is 0 Å². The SMILES string of the molecule is Cc1ccccc1N1CC[NH+]([C@@H](C)C(=O)NC2CCCC2)CC1. The number of rotatable bonds is 4. The molecule has 1 aromatic carbocycles. The van der Waals surface area contributed by atoms with Gasteiger partial charge < -0.3 is 15.1 Å². The number of carbonyl (C=O) groups excluding carboxylic acids is 1. The first-order chi connectivity index (χ1) is 11.1. The number of hydrogen-bond acceptors (Lipinski definition) is 2. The number of nitrogens with zero attached hydrogens (tertiary/aromatic N) is 1. The molecule has 2 N–H and O–H groups in total. The van der Waals surface area contributed by atoms with Crippen LogP contribution in [-0.4, -0.2) is 44.2 Å². The van der Waals surface area contributed by atoms with Gasteiger partial charge in [-0.15, -0.1) is 0 Å². The van der Waals surface area contributed by atoms with E-state index in [1.807, 2.05) is 0 Å². The second-order valence-corrected chi connectivity index (χ2v) is 7.14. The summed E-state index contributed by atoms with van der Waals surface area (Å²) in [4.78, 5) is 16.3. The number of benzene rings is 1. The van der Waals surface area contributed by atoms with Crippen molar-refractivity contribution < 1.29 is 9.69 Å². The molecule has 0 spiro atoms. The zero-order valence-corrected chi connectivity index (χ0v) is 14.5. The number of piperazine rings is 1. The van der Waals surface area contributed by atoms with Crippen LogP contribution in [0.25, 0.3) is 0 Å². The van der Waals surface area contributed by atoms with Crippen LogP contribution in [-0.2, 0) is 4.79 Å². The summed E-state index contributed by atoms with van der Waals surface area (Å²) in [6, 6.07) is 9.07. The van der Waals surface area contributed by atoms with Gasteiger partial charge in [-0.1, -0.05) is 31.0 Å². The molecule has 1 amide bonds. The molecule has 1 saturated carbocycles. The van der Waals surface area contributed by atoms with Crippen molar-refractivity contribution in [1.29, 1.82) is 0 Å². The minimum Gasteiger partial charge on any atom is -0.360 e. The Bertz CT molecular complexity index is 531. The molecule has 3 rings (SSSR count). The topological polar surface area (TPSA) is 36.8 Å². The molecule has 126 valence electrons. The van der Waals surface area contributed by atoms with Crippen LogP contribution >= 0.6 is 0 Å². The Morgan fingerprint density at radius 1 is 1.22 bits per heavy atom. The molecule has 2 fully saturated rings. The number of nitrogens with one attached hydrogen (secondary N) is 2. The standard InChI is InChI=1S/C19H29N3O/c1-15-7-3-6-10-18(15)22-13-11-21(12-14-22)16(2)19(23)20-17-8-4-5-9-17/h3,6-7,10,16-17H,4-5,8-9,11-14H2,1-2H3,(H,20,23)/p+1/t16-/m0/s1. The minimum atomic E-state index is 0.0645. The van der Waals surface area contributed by atoms with Crippen LogP contribution in [0.15, 0.2) is 24.3 Å². The van der Waals surface area contributed by atoms with Gasteiger partial charge in [-0.25, -0.2) is 0 Å². The summed E-state index contributed by atoms with van der Waals surface area (Å²) in [6.45, 7) is 8.39. The number of quaternary nitrogens is 1. The van der Waals surface area contributed by atoms with Gasteiger partial charge >= 0.3 is 0 Å². The summed E-state index contributed by atoms with van der Waals surface area (Å²) < 4.78 is 0. The lowest BCUT2D eigenvalue weighted by atomic mass is 10.1. The zero-order valence-electron chi connectivity index (χ0n) is 14.5. The number of hydrogen-bond donors (Lipinski definition) is 2. The lowest BCUT2D eigenvalue weighted by Crippen LogP contribution is -3.19. The number of para-hydroxylation sites is 1. The van der Waals surface area contributed by atoms with Gasteiger partial charge in [-0.3, -0.25) is 4.79 Å². The highest BCUT2D eigenvalue weighted by Crippen LogP contribution is 2.19. The van der Waals surface area contributed by atoms with Crippen LogP contribution in [0.1, 0.15) is 38.2 Å². The van der Waals surface area contributed by atoms with Gasteiger partial charge in [0.1, 0.15) is 0 Å². The molecule has 1 heterocycles. The first-order valence-corrected chi connectivity index (χ1v) is 9.10. The van der Waals surface area contributed by atoms with Gasteiger partial charge in [0.15, 0.2) is 6.04 Å². The molecule has 2 aliphatic rings. The van der Waals surface area contributed by atoms with Crippen molar-refractivity contribution in [2.45, 2.75) is 51.6 Å². The lowest BCUT2D eigenvalue weighted by molar-refractivity contribution is -0.914. The van der Waals surface area contributed by atoms with Crippen molar-refractivity contribution in [3.05, 3.63) is 29.8 Å². The van der Waals surface area contributed by atoms with Gasteiger partial charge in [-0.05, 0) is 38.3 Å². The highest BCUT2D eigenvalue weighted by atomic mass is 16.2. The molecule has 1 aliphatic heterocycles. The number of anilines is 1. The summed E-state index contributed by atoms with van der Waals surface area (Å²) >= 11 is 0. The second kappa shape index (κ2) is 7.35. The van der Waals surface area contributed by atoms with Gasteiger partial charge in [0.25, 0.3) is 5.91 Å². The van der Waals surface area contributed by atoms with Crippen LogP contribution < -0.4 is 15.1 Å². The fourth-order valence-electron chi connectivity index (χ4n) is 3.97. The fourth-order valence-corrected chi connectivity index (χ4v) is 3.97. The molecule has 4 nitrogen and oxygen atoms in total. The van der Waals surface area contributed by atoms with Crippen molar-refractivity contribution in [3.8, 4) is 0 Å². The van der Waals surface area contributed by atoms with Crippen LogP contribution in [0, 0.1) is 6.92 Å². The molecule has 0 radical (unpaired) electrons. The average molecular weight is 316 g/mol. The van der Waals surface area contributed by atoms with E-state index in [4.69, 9.17) is 0 Å². The highest BCUT2D eigenvalue weighted by Gasteiger charge is 2.31. The highest BCUT2D eigenvalue weighted by molar-refractivity contribution is 5.80. The molecule has 0 unspecified atom stereocenters. The summed E-state index contributed by atoms with van der Waals surface area (Å²) in [5.41, 5.74) is 2.68. The van der Waals surface area contributed by atoms with Crippen molar-refractivity contribution >= 4 is 11.6 Å². The van der Waals surface area contributed by atoms with Crippen LogP contribution in [0.2, 0.25) is 0 Å². The predicted octanol–water partition coefficient (Wildman–Crippen LogP) is 1.15. The fraction of sp³-hybridized carbons (Fsp3) is 0.632. The van der Waals surface area contributed by atoms with E-state index in [-0.39, 0.29) is 11.9 Å². The van der Waals surface area contributed by atoms with Gasteiger partial charge in [0.2, 0.25) is 0 Å². The van der Waals surface area contributed by atoms with Crippen LogP contribution in [0.5, 0.6) is 0 Å². The monoisotopic (exact) mass is 316 g/mol. The van der Waals surface area contributed by atoms with E-state index >= 15 is 0 Å². The van der Waals surface area contributed by atoms with E-state index in [0.717, 1.165) is 39.0 Å². The Morgan fingerprint density at radius 2 is 1.87 bits per heavy atom. The predicted molar refractivity (Wildman–Crippen MR) is 93.9 cm³/mol. The van der Waals surface area contributed by atoms with E-state index in [1.165, 1.54) is 29.0 Å². The van der Waals surface area contributed by atoms with Crippen LogP contribution in [0.3, 0.4) is 0 Å². The first-order valence-electron chi connectivity index (χ1n) is 9.10.